The summed E-state index contributed by atoms with van der Waals surface area (Å²) in [5, 5.41) is 66.3. The second-order valence-corrected chi connectivity index (χ2v) is 27.1. The van der Waals surface area contributed by atoms with Crippen molar-refractivity contribution < 1.29 is 92.4 Å². The number of cyclic esters (lactones) is 1. The number of aliphatic hydroxyl groups excluding tert-OH is 3. The van der Waals surface area contributed by atoms with Crippen molar-refractivity contribution in [1.29, 1.82) is 0 Å². The number of allylic oxidation sites excluding steroid dienone is 4. The van der Waals surface area contributed by atoms with E-state index in [-0.39, 0.29) is 47.1 Å². The van der Waals surface area contributed by atoms with Gasteiger partial charge in [0.1, 0.15) is 46.9 Å². The Bertz CT molecular complexity index is 2950. The third kappa shape index (κ3) is 16.6. The summed E-state index contributed by atoms with van der Waals surface area (Å²) >= 11 is 12.4. The summed E-state index contributed by atoms with van der Waals surface area (Å²) in [5.74, 6) is -4.53. The SMILES string of the molecule is CCc1c(Cl)c(O)c(Cl)c(O)c1C(=O)O[C@@H]1[C@@H](O)[C@@H](OC)[C@@H](OC/C2=C\C=C\C[C@H](O)/C(C)=C/[C@H](CC)[C@@H](O[C@@H]3OC(C)(C)[C@H]4OC(c5cc(C(C)(C)C)c(O)c(C(C)(C)C)c5)O[C@@H]4[C@@H]3OC(=O)C(C)C)/C(C)=C/C(C)=C/C[C@@H]([C@@H](C)O)OC2=O)O[C@H]1C. The number of methoxy groups -OCH3 is 1. The van der Waals surface area contributed by atoms with Crippen molar-refractivity contribution in [2.24, 2.45) is 11.8 Å². The minimum atomic E-state index is -1.58. The van der Waals surface area contributed by atoms with Crippen LogP contribution in [0.3, 0.4) is 0 Å². The number of esters is 3. The van der Waals surface area contributed by atoms with E-state index in [1.54, 1.807) is 32.9 Å². The molecule has 0 saturated carbocycles. The van der Waals surface area contributed by atoms with Crippen LogP contribution < -0.4 is 0 Å². The number of carbonyl (C=O) groups excluding carboxylic acids is 3. The van der Waals surface area contributed by atoms with E-state index < -0.39 is 155 Å². The Balaban J connectivity index is 1.29. The van der Waals surface area contributed by atoms with Crippen LogP contribution in [0.25, 0.3) is 0 Å². The smallest absolute Gasteiger partial charge is 0.342 e. The number of rotatable bonds is 14. The van der Waals surface area contributed by atoms with E-state index in [4.69, 9.17) is 70.6 Å². The zero-order valence-corrected chi connectivity index (χ0v) is 55.7. The van der Waals surface area contributed by atoms with Crippen LogP contribution in [-0.4, -0.2) is 148 Å². The Morgan fingerprint density at radius 2 is 1.47 bits per heavy atom. The summed E-state index contributed by atoms with van der Waals surface area (Å²) in [4.78, 5) is 41.6. The lowest BCUT2D eigenvalue weighted by molar-refractivity contribution is -0.317. The average molecular weight is 1270 g/mol. The molecule has 1 unspecified atom stereocenters. The van der Waals surface area contributed by atoms with Crippen LogP contribution in [-0.2, 0) is 74.2 Å². The van der Waals surface area contributed by atoms with E-state index in [1.807, 2.05) is 113 Å². The lowest BCUT2D eigenvalue weighted by atomic mass is 9.78. The van der Waals surface area contributed by atoms with Gasteiger partial charge >= 0.3 is 17.9 Å². The molecule has 2 aromatic carbocycles. The molecule has 3 fully saturated rings. The first-order chi connectivity index (χ1) is 41.0. The summed E-state index contributed by atoms with van der Waals surface area (Å²) in [6.45, 7) is 31.2. The van der Waals surface area contributed by atoms with E-state index in [2.05, 4.69) is 0 Å². The molecule has 0 amide bonds. The van der Waals surface area contributed by atoms with Crippen LogP contribution in [0, 0.1) is 11.8 Å². The van der Waals surface area contributed by atoms with E-state index in [0.29, 0.717) is 17.6 Å². The Kier molecular flexibility index (Phi) is 24.3. The molecule has 490 valence electrons. The van der Waals surface area contributed by atoms with Gasteiger partial charge in [0.15, 0.2) is 42.6 Å². The zero-order chi connectivity index (χ0) is 65.8. The number of aliphatic hydroxyl groups is 3. The predicted octanol–water partition coefficient (Wildman–Crippen LogP) is 11.3. The fourth-order valence-corrected chi connectivity index (χ4v) is 11.8. The van der Waals surface area contributed by atoms with Gasteiger partial charge in [-0.15, -0.1) is 0 Å². The Morgan fingerprint density at radius 3 is 2.03 bits per heavy atom. The number of hydrogen-bond acceptors (Lipinski definition) is 19. The van der Waals surface area contributed by atoms with Gasteiger partial charge in [-0.1, -0.05) is 128 Å². The molecule has 0 aromatic heterocycles. The molecule has 6 N–H and O–H groups in total. The Hall–Kier alpha value is -4.87. The summed E-state index contributed by atoms with van der Waals surface area (Å²) < 4.78 is 63.6. The second kappa shape index (κ2) is 29.6. The van der Waals surface area contributed by atoms with E-state index in [9.17, 15) is 45.0 Å². The molecule has 0 spiro atoms. The maximum Gasteiger partial charge on any atom is 0.342 e. The first-order valence-corrected chi connectivity index (χ1v) is 31.0. The van der Waals surface area contributed by atoms with Gasteiger partial charge in [-0.25, -0.2) is 9.59 Å². The van der Waals surface area contributed by atoms with Gasteiger partial charge in [0.2, 0.25) is 0 Å². The number of phenolic OH excluding ortho intramolecular Hbond substituents is 3. The fourth-order valence-electron chi connectivity index (χ4n) is 11.3. The number of benzene rings is 2. The van der Waals surface area contributed by atoms with Crippen molar-refractivity contribution in [3.8, 4) is 17.2 Å². The maximum atomic E-state index is 14.2. The molecule has 15 atom stereocenters. The average Bonchev–Trinajstić information content (AvgIpc) is 2.22. The Labute approximate surface area is 528 Å². The number of ether oxygens (including phenoxy) is 10. The van der Waals surface area contributed by atoms with Crippen LogP contribution >= 0.6 is 23.2 Å². The van der Waals surface area contributed by atoms with Gasteiger partial charge in [0.05, 0.1) is 53.1 Å². The minimum Gasteiger partial charge on any atom is -0.507 e. The van der Waals surface area contributed by atoms with Crippen LogP contribution in [0.5, 0.6) is 17.2 Å². The maximum absolute atomic E-state index is 14.2. The molecule has 88 heavy (non-hydrogen) atoms. The van der Waals surface area contributed by atoms with Crippen molar-refractivity contribution in [1.82, 2.24) is 0 Å². The standard InChI is InChI=1S/C67H94Cl2O19/c1-19-38-28-34(6)44(71)24-22-21-23-39(31-80-63-55(79-18)52(75)54(37(9)81-63)83-61(78)46-41(20-2)47(68)51(74)48(69)50(46)73)60(77)82-45(36(8)70)26-25-33(5)27-35(7)53(38)85-64-57(84-59(76)32(3)4)56-58(67(16,17)88-64)87-62(86-56)40-29-42(65(10,11)12)49(72)43(30-40)66(13,14)15/h21-23,25,27-30,32,36-38,44-45,52-58,62-64,70-75H,19-20,24,26,31H2,1-18H3/b22-21+,33-25+,34-28+,35-27+,39-23+/t36-,37+,38+,44+,45+,52-,53+,54+,55-,56-,57+,58+,62?,63+,64-/m1/s1. The number of hydrogen-bond donors (Lipinski definition) is 6. The van der Waals surface area contributed by atoms with Crippen molar-refractivity contribution in [3.63, 3.8) is 0 Å². The van der Waals surface area contributed by atoms with Crippen molar-refractivity contribution >= 4 is 41.1 Å². The highest BCUT2D eigenvalue weighted by Crippen LogP contribution is 2.49. The molecule has 19 nitrogen and oxygen atoms in total. The molecule has 3 saturated heterocycles. The molecule has 4 aliphatic heterocycles. The van der Waals surface area contributed by atoms with Crippen LogP contribution in [0.4, 0.5) is 0 Å². The topological polar surface area (TPSA) is 265 Å². The van der Waals surface area contributed by atoms with Gasteiger partial charge in [-0.3, -0.25) is 4.79 Å². The lowest BCUT2D eigenvalue weighted by Crippen LogP contribution is -2.63. The molecule has 0 aliphatic carbocycles. The van der Waals surface area contributed by atoms with Gasteiger partial charge < -0.3 is 78.0 Å². The van der Waals surface area contributed by atoms with Gasteiger partial charge in [-0.2, -0.15) is 0 Å². The van der Waals surface area contributed by atoms with Crippen molar-refractivity contribution in [2.45, 2.75) is 246 Å². The lowest BCUT2D eigenvalue weighted by Gasteiger charge is -2.47. The zero-order valence-electron chi connectivity index (χ0n) is 54.1. The summed E-state index contributed by atoms with van der Waals surface area (Å²) in [5.41, 5.74) is 1.91. The molecule has 6 rings (SSSR count). The van der Waals surface area contributed by atoms with Crippen LogP contribution in [0.2, 0.25) is 10.0 Å². The first kappa shape index (κ1) is 72.2. The largest absolute Gasteiger partial charge is 0.507 e. The van der Waals surface area contributed by atoms with Gasteiger partial charge in [0, 0.05) is 25.0 Å². The summed E-state index contributed by atoms with van der Waals surface area (Å²) in [6.07, 6.45) is -4.34. The Morgan fingerprint density at radius 1 is 0.830 bits per heavy atom. The van der Waals surface area contributed by atoms with Crippen molar-refractivity contribution in [2.75, 3.05) is 13.7 Å². The minimum absolute atomic E-state index is 0.0309. The van der Waals surface area contributed by atoms with Gasteiger partial charge in [0.25, 0.3) is 0 Å². The summed E-state index contributed by atoms with van der Waals surface area (Å²) in [7, 11) is 1.27. The van der Waals surface area contributed by atoms with Crippen LogP contribution in [0.15, 0.2) is 70.9 Å². The van der Waals surface area contributed by atoms with E-state index >= 15 is 0 Å². The normalized spacial score (nSPS) is 32.5. The van der Waals surface area contributed by atoms with Crippen LogP contribution in [0.1, 0.15) is 176 Å². The fraction of sp³-hybridized carbons (Fsp3) is 0.627. The number of aromatic hydroxyl groups is 3. The molecular weight excluding hydrogens is 1180 g/mol. The molecule has 0 bridgehead atoms. The third-order valence-electron chi connectivity index (χ3n) is 16.5. The number of phenols is 3. The van der Waals surface area contributed by atoms with E-state index in [0.717, 1.165) is 22.3 Å². The molecular formula is C67H94Cl2O19. The van der Waals surface area contributed by atoms with Crippen molar-refractivity contribution in [3.05, 3.63) is 109 Å². The summed E-state index contributed by atoms with van der Waals surface area (Å²) in [6, 6.07) is 3.82. The highest BCUT2D eigenvalue weighted by molar-refractivity contribution is 6.39. The number of halogens is 2. The quantitative estimate of drug-likeness (QED) is 0.0583. The predicted molar refractivity (Wildman–Crippen MR) is 331 cm³/mol. The van der Waals surface area contributed by atoms with Gasteiger partial charge in [-0.05, 0) is 125 Å². The molecule has 2 aromatic rings. The highest BCUT2D eigenvalue weighted by atomic mass is 35.5. The monoisotopic (exact) mass is 1270 g/mol. The molecule has 21 heteroatoms. The van der Waals surface area contributed by atoms with E-state index in [1.165, 1.54) is 27.0 Å². The molecule has 4 heterocycles. The number of fused-ring (bicyclic) bond motifs is 1. The second-order valence-electron chi connectivity index (χ2n) is 26.4. The highest BCUT2D eigenvalue weighted by Gasteiger charge is 2.60. The first-order valence-electron chi connectivity index (χ1n) is 30.3. The number of carbonyl (C=O) groups is 3. The molecule has 4 aliphatic rings. The third-order valence-corrected chi connectivity index (χ3v) is 17.3. The molecule has 0 radical (unpaired) electrons.